The van der Waals surface area contributed by atoms with E-state index < -0.39 is 5.82 Å². The lowest BCUT2D eigenvalue weighted by Gasteiger charge is -2.21. The summed E-state index contributed by atoms with van der Waals surface area (Å²) in [4.78, 5) is 16.4. The lowest BCUT2D eigenvalue weighted by Crippen LogP contribution is -2.36. The number of benzene rings is 1. The highest BCUT2D eigenvalue weighted by Gasteiger charge is 2.22. The van der Waals surface area contributed by atoms with Gasteiger partial charge in [-0.25, -0.2) is 4.39 Å². The number of hydrogen-bond acceptors (Lipinski definition) is 2. The molecule has 3 nitrogen and oxygen atoms in total. The van der Waals surface area contributed by atoms with Gasteiger partial charge in [0.2, 0.25) is 0 Å². The largest absolute Gasteiger partial charge is 0.337 e. The SMILES string of the molecule is O=C(c1cc(Br)ccc1F)N1CCCN(CCCl)CC1. The van der Waals surface area contributed by atoms with Gasteiger partial charge in [-0.2, -0.15) is 0 Å². The molecule has 1 fully saturated rings. The zero-order valence-electron chi connectivity index (χ0n) is 11.1. The first kappa shape index (κ1) is 15.7. The van der Waals surface area contributed by atoms with Crippen LogP contribution in [0.3, 0.4) is 0 Å². The molecule has 1 aromatic carbocycles. The maximum atomic E-state index is 13.8. The van der Waals surface area contributed by atoms with Crippen molar-refractivity contribution >= 4 is 33.4 Å². The molecule has 1 aromatic rings. The van der Waals surface area contributed by atoms with Crippen LogP contribution in [-0.4, -0.2) is 54.3 Å². The monoisotopic (exact) mass is 362 g/mol. The maximum Gasteiger partial charge on any atom is 0.256 e. The summed E-state index contributed by atoms with van der Waals surface area (Å²) >= 11 is 9.02. The molecule has 0 spiro atoms. The van der Waals surface area contributed by atoms with Crippen LogP contribution in [0, 0.1) is 5.82 Å². The number of alkyl halides is 1. The number of amides is 1. The Morgan fingerprint density at radius 3 is 2.85 bits per heavy atom. The van der Waals surface area contributed by atoms with E-state index in [1.807, 2.05) is 0 Å². The Labute approximate surface area is 131 Å². The number of carbonyl (C=O) groups is 1. The molecule has 1 aliphatic rings. The van der Waals surface area contributed by atoms with E-state index in [9.17, 15) is 9.18 Å². The van der Waals surface area contributed by atoms with Gasteiger partial charge in [-0.05, 0) is 31.2 Å². The molecule has 2 rings (SSSR count). The van der Waals surface area contributed by atoms with Crippen molar-refractivity contribution in [1.29, 1.82) is 0 Å². The molecule has 6 heteroatoms. The minimum Gasteiger partial charge on any atom is -0.337 e. The van der Waals surface area contributed by atoms with Crippen LogP contribution in [0.25, 0.3) is 0 Å². The number of carbonyl (C=O) groups excluding carboxylic acids is 1. The van der Waals surface area contributed by atoms with Crippen LogP contribution in [0.15, 0.2) is 22.7 Å². The highest BCUT2D eigenvalue weighted by Crippen LogP contribution is 2.18. The van der Waals surface area contributed by atoms with E-state index >= 15 is 0 Å². The molecule has 0 aliphatic carbocycles. The summed E-state index contributed by atoms with van der Waals surface area (Å²) in [5, 5.41) is 0. The van der Waals surface area contributed by atoms with Crippen molar-refractivity contribution in [2.45, 2.75) is 6.42 Å². The van der Waals surface area contributed by atoms with Gasteiger partial charge < -0.3 is 9.80 Å². The Kier molecular flexibility index (Phi) is 5.81. The van der Waals surface area contributed by atoms with Gasteiger partial charge in [0.15, 0.2) is 0 Å². The molecule has 0 atom stereocenters. The zero-order valence-corrected chi connectivity index (χ0v) is 13.5. The minimum atomic E-state index is -0.472. The predicted octanol–water partition coefficient (Wildman–Crippen LogP) is 2.97. The Morgan fingerprint density at radius 1 is 1.30 bits per heavy atom. The van der Waals surface area contributed by atoms with Gasteiger partial charge in [0.05, 0.1) is 5.56 Å². The molecule has 1 heterocycles. The summed E-state index contributed by atoms with van der Waals surface area (Å²) in [7, 11) is 0. The molecule has 1 aliphatic heterocycles. The molecule has 1 amide bonds. The molecule has 110 valence electrons. The van der Waals surface area contributed by atoms with Crippen LogP contribution in [0.2, 0.25) is 0 Å². The first-order valence-corrected chi connectivity index (χ1v) is 7.97. The van der Waals surface area contributed by atoms with E-state index in [1.54, 1.807) is 17.0 Å². The van der Waals surface area contributed by atoms with Crippen LogP contribution in [0.1, 0.15) is 16.8 Å². The Balaban J connectivity index is 2.07. The third-order valence-electron chi connectivity index (χ3n) is 3.44. The molecule has 0 aromatic heterocycles. The highest BCUT2D eigenvalue weighted by molar-refractivity contribution is 9.10. The molecule has 0 saturated carbocycles. The lowest BCUT2D eigenvalue weighted by atomic mass is 10.2. The van der Waals surface area contributed by atoms with E-state index in [-0.39, 0.29) is 11.5 Å². The summed E-state index contributed by atoms with van der Waals surface area (Å²) in [6, 6.07) is 4.45. The molecule has 0 bridgehead atoms. The molecule has 1 saturated heterocycles. The minimum absolute atomic E-state index is 0.130. The van der Waals surface area contributed by atoms with Crippen molar-refractivity contribution in [3.8, 4) is 0 Å². The number of halogens is 3. The van der Waals surface area contributed by atoms with Gasteiger partial charge in [-0.1, -0.05) is 15.9 Å². The van der Waals surface area contributed by atoms with Gasteiger partial charge in [-0.15, -0.1) is 11.6 Å². The second-order valence-corrected chi connectivity index (χ2v) is 6.09. The maximum absolute atomic E-state index is 13.8. The molecular formula is C14H17BrClFN2O. The fraction of sp³-hybridized carbons (Fsp3) is 0.500. The molecule has 0 unspecified atom stereocenters. The predicted molar refractivity (Wildman–Crippen MR) is 81.8 cm³/mol. The van der Waals surface area contributed by atoms with Crippen LogP contribution < -0.4 is 0 Å². The van der Waals surface area contributed by atoms with Crippen LogP contribution in [-0.2, 0) is 0 Å². The first-order valence-electron chi connectivity index (χ1n) is 6.64. The van der Waals surface area contributed by atoms with Crippen molar-refractivity contribution in [3.05, 3.63) is 34.1 Å². The molecule has 20 heavy (non-hydrogen) atoms. The van der Waals surface area contributed by atoms with Crippen LogP contribution in [0.4, 0.5) is 4.39 Å². The number of hydrogen-bond donors (Lipinski definition) is 0. The Bertz CT molecular complexity index is 486. The van der Waals surface area contributed by atoms with Gasteiger partial charge in [0.25, 0.3) is 5.91 Å². The topological polar surface area (TPSA) is 23.6 Å². The summed E-state index contributed by atoms with van der Waals surface area (Å²) in [5.74, 6) is -0.120. The normalized spacial score (nSPS) is 17.1. The van der Waals surface area contributed by atoms with E-state index in [4.69, 9.17) is 11.6 Å². The average molecular weight is 364 g/mol. The van der Waals surface area contributed by atoms with Crippen molar-refractivity contribution in [3.63, 3.8) is 0 Å². The smallest absolute Gasteiger partial charge is 0.256 e. The Morgan fingerprint density at radius 2 is 2.10 bits per heavy atom. The summed E-state index contributed by atoms with van der Waals surface area (Å²) in [6.07, 6.45) is 0.887. The van der Waals surface area contributed by atoms with Crippen LogP contribution >= 0.6 is 27.5 Å². The average Bonchev–Trinajstić information content (AvgIpc) is 2.67. The summed E-state index contributed by atoms with van der Waals surface area (Å²) < 4.78 is 14.5. The van der Waals surface area contributed by atoms with Gasteiger partial charge >= 0.3 is 0 Å². The van der Waals surface area contributed by atoms with Gasteiger partial charge in [-0.3, -0.25) is 4.79 Å². The van der Waals surface area contributed by atoms with Gasteiger partial charge in [0.1, 0.15) is 5.82 Å². The fourth-order valence-corrected chi connectivity index (χ4v) is 2.95. The lowest BCUT2D eigenvalue weighted by molar-refractivity contribution is 0.0757. The van der Waals surface area contributed by atoms with E-state index in [0.717, 1.165) is 26.1 Å². The third-order valence-corrected chi connectivity index (χ3v) is 4.10. The number of nitrogens with zero attached hydrogens (tertiary/aromatic N) is 2. The standard InChI is InChI=1S/C14H17BrClFN2O/c15-11-2-3-13(17)12(10-11)14(20)19-6-1-5-18(7-4-16)8-9-19/h2-3,10H,1,4-9H2. The van der Waals surface area contributed by atoms with E-state index in [1.165, 1.54) is 6.07 Å². The van der Waals surface area contributed by atoms with Crippen molar-refractivity contribution in [1.82, 2.24) is 9.80 Å². The van der Waals surface area contributed by atoms with E-state index in [0.29, 0.717) is 23.4 Å². The molecular weight excluding hydrogens is 347 g/mol. The fourth-order valence-electron chi connectivity index (χ4n) is 2.35. The number of rotatable bonds is 3. The Hall–Kier alpha value is -0.650. The van der Waals surface area contributed by atoms with Crippen molar-refractivity contribution in [2.75, 3.05) is 38.6 Å². The first-order chi connectivity index (χ1) is 9.61. The molecule has 0 N–H and O–H groups in total. The summed E-state index contributed by atoms with van der Waals surface area (Å²) in [5.41, 5.74) is 0.130. The van der Waals surface area contributed by atoms with Crippen molar-refractivity contribution in [2.24, 2.45) is 0 Å². The van der Waals surface area contributed by atoms with Crippen molar-refractivity contribution < 1.29 is 9.18 Å². The summed E-state index contributed by atoms with van der Waals surface area (Å²) in [6.45, 7) is 3.81. The zero-order chi connectivity index (χ0) is 14.5. The second-order valence-electron chi connectivity index (χ2n) is 4.80. The van der Waals surface area contributed by atoms with Gasteiger partial charge in [0, 0.05) is 36.5 Å². The highest BCUT2D eigenvalue weighted by atomic mass is 79.9. The third kappa shape index (κ3) is 3.93. The quantitative estimate of drug-likeness (QED) is 0.771. The van der Waals surface area contributed by atoms with Crippen LogP contribution in [0.5, 0.6) is 0 Å². The second kappa shape index (κ2) is 7.38. The molecule has 0 radical (unpaired) electrons. The van der Waals surface area contributed by atoms with E-state index in [2.05, 4.69) is 20.8 Å².